The smallest absolute Gasteiger partial charge is 0.0963 e. The van der Waals surface area contributed by atoms with Gasteiger partial charge in [-0.05, 0) is 30.4 Å². The molecule has 0 atom stereocenters. The third-order valence-electron chi connectivity index (χ3n) is 1.96. The molecule has 0 aliphatic rings. The Morgan fingerprint density at radius 2 is 2.36 bits per heavy atom. The van der Waals surface area contributed by atoms with Crippen molar-refractivity contribution in [1.29, 1.82) is 5.26 Å². The normalized spacial score (nSPS) is 12.1. The van der Waals surface area contributed by atoms with Gasteiger partial charge in [0.1, 0.15) is 0 Å². The second-order valence-electron chi connectivity index (χ2n) is 3.09. The Morgan fingerprint density at radius 3 is 2.79 bits per heavy atom. The summed E-state index contributed by atoms with van der Waals surface area (Å²) in [6.07, 6.45) is 1.70. The SMILES string of the molecule is CCCC(C#N)=C(Cl)c1sccc1C. The van der Waals surface area contributed by atoms with Crippen LogP contribution in [-0.4, -0.2) is 0 Å². The first-order chi connectivity index (χ1) is 6.70. The number of hydrogen-bond donors (Lipinski definition) is 0. The lowest BCUT2D eigenvalue weighted by molar-refractivity contribution is 0.933. The first-order valence-corrected chi connectivity index (χ1v) is 5.79. The zero-order chi connectivity index (χ0) is 10.6. The van der Waals surface area contributed by atoms with Crippen molar-refractivity contribution >= 4 is 28.0 Å². The molecule has 1 nitrogen and oxygen atoms in total. The van der Waals surface area contributed by atoms with Crippen molar-refractivity contribution in [2.75, 3.05) is 0 Å². The highest BCUT2D eigenvalue weighted by atomic mass is 35.5. The maximum absolute atomic E-state index is 8.93. The molecule has 0 saturated carbocycles. The number of aryl methyl sites for hydroxylation is 1. The highest BCUT2D eigenvalue weighted by Gasteiger charge is 2.09. The predicted molar refractivity (Wildman–Crippen MR) is 62.4 cm³/mol. The monoisotopic (exact) mass is 225 g/mol. The van der Waals surface area contributed by atoms with Crippen LogP contribution in [0, 0.1) is 18.3 Å². The molecular formula is C11H12ClNS. The number of nitrogens with zero attached hydrogens (tertiary/aromatic N) is 1. The maximum atomic E-state index is 8.93. The molecule has 74 valence electrons. The van der Waals surface area contributed by atoms with Crippen LogP contribution >= 0.6 is 22.9 Å². The van der Waals surface area contributed by atoms with Gasteiger partial charge in [-0.15, -0.1) is 11.3 Å². The minimum Gasteiger partial charge on any atom is -0.193 e. The van der Waals surface area contributed by atoms with Gasteiger partial charge in [0, 0.05) is 10.5 Å². The minimum absolute atomic E-state index is 0.627. The first kappa shape index (κ1) is 11.3. The van der Waals surface area contributed by atoms with Crippen LogP contribution in [0.4, 0.5) is 0 Å². The Hall–Kier alpha value is -0.780. The second-order valence-corrected chi connectivity index (χ2v) is 4.38. The molecule has 1 rings (SSSR count). The summed E-state index contributed by atoms with van der Waals surface area (Å²) >= 11 is 7.75. The van der Waals surface area contributed by atoms with Crippen LogP contribution in [-0.2, 0) is 0 Å². The molecule has 0 aromatic carbocycles. The second kappa shape index (κ2) is 5.19. The van der Waals surface area contributed by atoms with Crippen molar-refractivity contribution in [2.45, 2.75) is 26.7 Å². The molecule has 0 amide bonds. The summed E-state index contributed by atoms with van der Waals surface area (Å²) in [4.78, 5) is 1.02. The number of hydrogen-bond acceptors (Lipinski definition) is 2. The summed E-state index contributed by atoms with van der Waals surface area (Å²) in [6.45, 7) is 4.05. The molecule has 0 N–H and O–H groups in total. The zero-order valence-electron chi connectivity index (χ0n) is 8.30. The molecular weight excluding hydrogens is 214 g/mol. The molecule has 0 fully saturated rings. The highest BCUT2D eigenvalue weighted by Crippen LogP contribution is 2.31. The molecule has 0 spiro atoms. The summed E-state index contributed by atoms with van der Waals surface area (Å²) in [5.41, 5.74) is 1.84. The quantitative estimate of drug-likeness (QED) is 0.703. The lowest BCUT2D eigenvalue weighted by Gasteiger charge is -2.01. The van der Waals surface area contributed by atoms with Gasteiger partial charge in [-0.2, -0.15) is 5.26 Å². The van der Waals surface area contributed by atoms with Gasteiger partial charge >= 0.3 is 0 Å². The van der Waals surface area contributed by atoms with Crippen LogP contribution in [0.3, 0.4) is 0 Å². The molecule has 14 heavy (non-hydrogen) atoms. The van der Waals surface area contributed by atoms with Gasteiger partial charge in [0.25, 0.3) is 0 Å². The molecule has 1 aromatic rings. The van der Waals surface area contributed by atoms with Gasteiger partial charge in [0.2, 0.25) is 0 Å². The van der Waals surface area contributed by atoms with E-state index >= 15 is 0 Å². The Balaban J connectivity index is 3.09. The average Bonchev–Trinajstić information content (AvgIpc) is 2.59. The van der Waals surface area contributed by atoms with Gasteiger partial charge in [0.05, 0.1) is 11.1 Å². The fourth-order valence-electron chi connectivity index (χ4n) is 1.20. The van der Waals surface area contributed by atoms with Crippen molar-refractivity contribution in [3.8, 4) is 6.07 Å². The summed E-state index contributed by atoms with van der Waals surface area (Å²) in [7, 11) is 0. The van der Waals surface area contributed by atoms with E-state index in [-0.39, 0.29) is 0 Å². The fourth-order valence-corrected chi connectivity index (χ4v) is 2.51. The van der Waals surface area contributed by atoms with Gasteiger partial charge in [-0.3, -0.25) is 0 Å². The van der Waals surface area contributed by atoms with Crippen molar-refractivity contribution < 1.29 is 0 Å². The number of halogens is 1. The van der Waals surface area contributed by atoms with Gasteiger partial charge in [-0.1, -0.05) is 24.9 Å². The van der Waals surface area contributed by atoms with Crippen LogP contribution < -0.4 is 0 Å². The van der Waals surface area contributed by atoms with Gasteiger partial charge in [0.15, 0.2) is 0 Å². The number of rotatable bonds is 3. The molecule has 0 unspecified atom stereocenters. The van der Waals surface area contributed by atoms with Crippen molar-refractivity contribution in [3.63, 3.8) is 0 Å². The lowest BCUT2D eigenvalue weighted by Crippen LogP contribution is -1.84. The summed E-state index contributed by atoms with van der Waals surface area (Å²) < 4.78 is 0. The largest absolute Gasteiger partial charge is 0.193 e. The fraction of sp³-hybridized carbons (Fsp3) is 0.364. The van der Waals surface area contributed by atoms with E-state index in [1.807, 2.05) is 25.3 Å². The van der Waals surface area contributed by atoms with E-state index in [1.54, 1.807) is 11.3 Å². The first-order valence-electron chi connectivity index (χ1n) is 4.54. The van der Waals surface area contributed by atoms with Crippen LogP contribution in [0.5, 0.6) is 0 Å². The number of allylic oxidation sites excluding steroid dienone is 1. The van der Waals surface area contributed by atoms with Crippen molar-refractivity contribution in [1.82, 2.24) is 0 Å². The van der Waals surface area contributed by atoms with Crippen LogP contribution in [0.2, 0.25) is 0 Å². The molecule has 0 bridgehead atoms. The van der Waals surface area contributed by atoms with E-state index in [1.165, 1.54) is 0 Å². The molecule has 0 saturated heterocycles. The Morgan fingerprint density at radius 1 is 1.64 bits per heavy atom. The standard InChI is InChI=1S/C11H12ClNS/c1-3-4-9(7-13)10(12)11-8(2)5-6-14-11/h5-6H,3-4H2,1-2H3. The van der Waals surface area contributed by atoms with Crippen molar-refractivity contribution in [2.24, 2.45) is 0 Å². The van der Waals surface area contributed by atoms with E-state index in [0.717, 1.165) is 23.3 Å². The van der Waals surface area contributed by atoms with E-state index in [4.69, 9.17) is 16.9 Å². The molecule has 0 aliphatic heterocycles. The van der Waals surface area contributed by atoms with E-state index in [2.05, 4.69) is 6.07 Å². The Bertz CT molecular complexity index is 384. The topological polar surface area (TPSA) is 23.8 Å². The third kappa shape index (κ3) is 2.37. The summed E-state index contributed by atoms with van der Waals surface area (Å²) in [6, 6.07) is 4.19. The number of nitriles is 1. The van der Waals surface area contributed by atoms with E-state index in [0.29, 0.717) is 10.6 Å². The van der Waals surface area contributed by atoms with Crippen LogP contribution in [0.1, 0.15) is 30.2 Å². The highest BCUT2D eigenvalue weighted by molar-refractivity contribution is 7.12. The minimum atomic E-state index is 0.627. The molecule has 0 aliphatic carbocycles. The molecule has 0 radical (unpaired) electrons. The lowest BCUT2D eigenvalue weighted by atomic mass is 10.1. The van der Waals surface area contributed by atoms with E-state index < -0.39 is 0 Å². The summed E-state index contributed by atoms with van der Waals surface area (Å²) in [5.74, 6) is 0. The number of thiophene rings is 1. The molecule has 1 heterocycles. The van der Waals surface area contributed by atoms with E-state index in [9.17, 15) is 0 Å². The predicted octanol–water partition coefficient (Wildman–Crippen LogP) is 4.33. The Kier molecular flexibility index (Phi) is 4.19. The van der Waals surface area contributed by atoms with Crippen LogP contribution in [0.25, 0.3) is 5.03 Å². The van der Waals surface area contributed by atoms with Gasteiger partial charge in [-0.25, -0.2) is 0 Å². The zero-order valence-corrected chi connectivity index (χ0v) is 9.87. The maximum Gasteiger partial charge on any atom is 0.0963 e. The average molecular weight is 226 g/mol. The third-order valence-corrected chi connectivity index (χ3v) is 3.52. The summed E-state index contributed by atoms with van der Waals surface area (Å²) in [5, 5.41) is 11.6. The van der Waals surface area contributed by atoms with Crippen molar-refractivity contribution in [3.05, 3.63) is 27.5 Å². The molecule has 1 aromatic heterocycles. The molecule has 3 heteroatoms. The van der Waals surface area contributed by atoms with Gasteiger partial charge < -0.3 is 0 Å². The van der Waals surface area contributed by atoms with Crippen LogP contribution in [0.15, 0.2) is 17.0 Å². The Labute approximate surface area is 93.6 Å².